The molecule has 0 aliphatic rings. The number of benzene rings is 2. The van der Waals surface area contributed by atoms with E-state index in [-0.39, 0.29) is 0 Å². The van der Waals surface area contributed by atoms with Gasteiger partial charge in [0.2, 0.25) is 0 Å². The highest BCUT2D eigenvalue weighted by Crippen LogP contribution is 2.29. The number of halogens is 1. The summed E-state index contributed by atoms with van der Waals surface area (Å²) in [5.74, 6) is 0. The maximum atomic E-state index is 5.97. The molecule has 142 valence electrons. The Kier molecular flexibility index (Phi) is 7.02. The van der Waals surface area contributed by atoms with Crippen LogP contribution in [0.25, 0.3) is 21.8 Å². The third kappa shape index (κ3) is 5.88. The Morgan fingerprint density at radius 2 is 1.56 bits per heavy atom. The van der Waals surface area contributed by atoms with E-state index in [0.717, 1.165) is 46.5 Å². The molecule has 0 fully saturated rings. The first-order valence-electron chi connectivity index (χ1n) is 9.15. The van der Waals surface area contributed by atoms with Gasteiger partial charge in [0.1, 0.15) is 5.01 Å². The molecule has 0 saturated heterocycles. The summed E-state index contributed by atoms with van der Waals surface area (Å²) in [4.78, 5) is 9.39. The van der Waals surface area contributed by atoms with Crippen LogP contribution in [0.2, 0.25) is 5.02 Å². The Bertz CT molecular complexity index is 841. The zero-order valence-electron chi connectivity index (χ0n) is 16.2. The Labute approximate surface area is 171 Å². The lowest BCUT2D eigenvalue weighted by Gasteiger charge is -2.18. The molecular formula is C22H26ClN3S. The highest BCUT2D eigenvalue weighted by Gasteiger charge is 2.07. The van der Waals surface area contributed by atoms with E-state index in [9.17, 15) is 0 Å². The van der Waals surface area contributed by atoms with Crippen LogP contribution < -0.4 is 0 Å². The van der Waals surface area contributed by atoms with Gasteiger partial charge in [0, 0.05) is 28.1 Å². The minimum atomic E-state index is 0.748. The van der Waals surface area contributed by atoms with Gasteiger partial charge in [-0.3, -0.25) is 0 Å². The number of hydrogen-bond acceptors (Lipinski definition) is 4. The van der Waals surface area contributed by atoms with Gasteiger partial charge in [-0.05, 0) is 58.3 Å². The monoisotopic (exact) mass is 399 g/mol. The van der Waals surface area contributed by atoms with Gasteiger partial charge in [0.25, 0.3) is 0 Å². The lowest BCUT2D eigenvalue weighted by molar-refractivity contribution is 0.294. The van der Waals surface area contributed by atoms with E-state index in [4.69, 9.17) is 16.6 Å². The minimum absolute atomic E-state index is 0.748. The van der Waals surface area contributed by atoms with Crippen LogP contribution >= 0.6 is 22.9 Å². The van der Waals surface area contributed by atoms with Crippen LogP contribution in [-0.4, -0.2) is 49.0 Å². The fourth-order valence-corrected chi connectivity index (χ4v) is 3.92. The molecule has 3 rings (SSSR count). The third-order valence-corrected chi connectivity index (χ3v) is 5.59. The molecule has 0 atom stereocenters. The first-order valence-corrected chi connectivity index (χ1v) is 10.4. The second-order valence-electron chi connectivity index (χ2n) is 7.14. The van der Waals surface area contributed by atoms with Gasteiger partial charge in [-0.2, -0.15) is 0 Å². The van der Waals surface area contributed by atoms with Crippen LogP contribution in [0.3, 0.4) is 0 Å². The highest BCUT2D eigenvalue weighted by atomic mass is 35.5. The summed E-state index contributed by atoms with van der Waals surface area (Å²) >= 11 is 7.63. The molecular weight excluding hydrogens is 374 g/mol. The standard InChI is InChI=1S/C22H26ClN3S/c1-25(2)13-4-14-26(3)15-17-5-7-18(8-6-17)21-16-27-22(24-21)19-9-11-20(23)12-10-19/h5-12,16H,4,13-15H2,1-3H3. The minimum Gasteiger partial charge on any atom is -0.309 e. The smallest absolute Gasteiger partial charge is 0.124 e. The normalized spacial score (nSPS) is 11.5. The van der Waals surface area contributed by atoms with Gasteiger partial charge in [-0.25, -0.2) is 4.98 Å². The Balaban J connectivity index is 1.61. The quantitative estimate of drug-likeness (QED) is 0.497. The average Bonchev–Trinajstić information content (AvgIpc) is 3.13. The van der Waals surface area contributed by atoms with Crippen molar-refractivity contribution in [3.8, 4) is 21.8 Å². The molecule has 0 aliphatic carbocycles. The number of nitrogens with zero attached hydrogens (tertiary/aromatic N) is 3. The summed E-state index contributed by atoms with van der Waals surface area (Å²) in [6.45, 7) is 3.21. The highest BCUT2D eigenvalue weighted by molar-refractivity contribution is 7.13. The van der Waals surface area contributed by atoms with Crippen molar-refractivity contribution in [2.45, 2.75) is 13.0 Å². The average molecular weight is 400 g/mol. The fourth-order valence-electron chi connectivity index (χ4n) is 2.96. The van der Waals surface area contributed by atoms with Crippen molar-refractivity contribution < 1.29 is 0 Å². The van der Waals surface area contributed by atoms with E-state index in [0.29, 0.717) is 0 Å². The van der Waals surface area contributed by atoms with E-state index in [1.54, 1.807) is 11.3 Å². The van der Waals surface area contributed by atoms with Crippen LogP contribution in [0.4, 0.5) is 0 Å². The van der Waals surface area contributed by atoms with Crippen molar-refractivity contribution in [2.24, 2.45) is 0 Å². The lowest BCUT2D eigenvalue weighted by Crippen LogP contribution is -2.23. The van der Waals surface area contributed by atoms with Crippen molar-refractivity contribution in [2.75, 3.05) is 34.2 Å². The fraction of sp³-hybridized carbons (Fsp3) is 0.318. The summed E-state index contributed by atoms with van der Waals surface area (Å²) < 4.78 is 0. The molecule has 5 heteroatoms. The van der Waals surface area contributed by atoms with Crippen LogP contribution in [0.5, 0.6) is 0 Å². The zero-order valence-corrected chi connectivity index (χ0v) is 17.7. The number of hydrogen-bond donors (Lipinski definition) is 0. The first-order chi connectivity index (χ1) is 13.0. The molecule has 3 aromatic rings. The van der Waals surface area contributed by atoms with E-state index in [2.05, 4.69) is 60.6 Å². The Morgan fingerprint density at radius 1 is 0.889 bits per heavy atom. The van der Waals surface area contributed by atoms with Crippen LogP contribution in [-0.2, 0) is 6.54 Å². The van der Waals surface area contributed by atoms with Crippen molar-refractivity contribution in [1.29, 1.82) is 0 Å². The molecule has 0 unspecified atom stereocenters. The van der Waals surface area contributed by atoms with Crippen molar-refractivity contribution in [1.82, 2.24) is 14.8 Å². The molecule has 0 radical (unpaired) electrons. The van der Waals surface area contributed by atoms with E-state index >= 15 is 0 Å². The summed E-state index contributed by atoms with van der Waals surface area (Å²) in [7, 11) is 6.42. The maximum Gasteiger partial charge on any atom is 0.124 e. The van der Waals surface area contributed by atoms with Crippen LogP contribution in [0, 0.1) is 0 Å². The molecule has 0 saturated carbocycles. The first kappa shape index (κ1) is 20.0. The lowest BCUT2D eigenvalue weighted by atomic mass is 10.1. The summed E-state index contributed by atoms with van der Waals surface area (Å²) in [6, 6.07) is 16.6. The maximum absolute atomic E-state index is 5.97. The number of thiazole rings is 1. The van der Waals surface area contributed by atoms with Gasteiger partial charge in [-0.15, -0.1) is 11.3 Å². The van der Waals surface area contributed by atoms with Gasteiger partial charge in [0.15, 0.2) is 0 Å². The predicted octanol–water partition coefficient (Wildman–Crippen LogP) is 5.51. The van der Waals surface area contributed by atoms with Crippen molar-refractivity contribution >= 4 is 22.9 Å². The Morgan fingerprint density at radius 3 is 2.22 bits per heavy atom. The summed E-state index contributed by atoms with van der Waals surface area (Å²) in [6.07, 6.45) is 1.19. The SMILES string of the molecule is CN(C)CCCN(C)Cc1ccc(-c2csc(-c3ccc(Cl)cc3)n2)cc1. The second kappa shape index (κ2) is 9.47. The molecule has 2 aromatic carbocycles. The number of aromatic nitrogens is 1. The molecule has 3 nitrogen and oxygen atoms in total. The Hall–Kier alpha value is -1.72. The molecule has 0 N–H and O–H groups in total. The van der Waals surface area contributed by atoms with Crippen LogP contribution in [0.1, 0.15) is 12.0 Å². The van der Waals surface area contributed by atoms with Crippen LogP contribution in [0.15, 0.2) is 53.9 Å². The topological polar surface area (TPSA) is 19.4 Å². The molecule has 0 amide bonds. The summed E-state index contributed by atoms with van der Waals surface area (Å²) in [5, 5.41) is 3.89. The summed E-state index contributed by atoms with van der Waals surface area (Å²) in [5.41, 5.74) is 4.62. The third-order valence-electron chi connectivity index (χ3n) is 4.44. The molecule has 0 aliphatic heterocycles. The number of rotatable bonds is 8. The molecule has 27 heavy (non-hydrogen) atoms. The van der Waals surface area contributed by atoms with Crippen molar-refractivity contribution in [3.05, 3.63) is 64.5 Å². The molecule has 0 bridgehead atoms. The van der Waals surface area contributed by atoms with Gasteiger partial charge >= 0.3 is 0 Å². The predicted molar refractivity (Wildman–Crippen MR) is 118 cm³/mol. The van der Waals surface area contributed by atoms with E-state index in [1.165, 1.54) is 12.0 Å². The second-order valence-corrected chi connectivity index (χ2v) is 8.43. The van der Waals surface area contributed by atoms with E-state index in [1.807, 2.05) is 24.3 Å². The van der Waals surface area contributed by atoms with Gasteiger partial charge < -0.3 is 9.80 Å². The van der Waals surface area contributed by atoms with Gasteiger partial charge in [0.05, 0.1) is 5.69 Å². The van der Waals surface area contributed by atoms with Gasteiger partial charge in [-0.1, -0.05) is 48.0 Å². The van der Waals surface area contributed by atoms with E-state index < -0.39 is 0 Å². The van der Waals surface area contributed by atoms with Crippen molar-refractivity contribution in [3.63, 3.8) is 0 Å². The molecule has 1 aromatic heterocycles. The zero-order chi connectivity index (χ0) is 19.2. The largest absolute Gasteiger partial charge is 0.309 e. The molecule has 0 spiro atoms. The molecule has 1 heterocycles.